The topological polar surface area (TPSA) is 68.1 Å². The van der Waals surface area contributed by atoms with Crippen molar-refractivity contribution in [1.82, 2.24) is 24.6 Å². The Morgan fingerprint density at radius 2 is 1.89 bits per heavy atom. The zero-order chi connectivity index (χ0) is 18.6. The summed E-state index contributed by atoms with van der Waals surface area (Å²) >= 11 is 0. The standard InChI is InChI=1S/C20H24N6O/c1-15-19(12-18(13-21-15)27-17-8-10-25(2)11-9-17)23-20-22-14-26(24-20)16-6-4-3-5-7-16/h3-7,12-14,17H,8-11H2,1-2H3,(H,23,24). The second-order valence-electron chi connectivity index (χ2n) is 6.90. The molecule has 7 heteroatoms. The van der Waals surface area contributed by atoms with Gasteiger partial charge in [-0.05, 0) is 38.9 Å². The van der Waals surface area contributed by atoms with Crippen molar-refractivity contribution < 1.29 is 4.74 Å². The summed E-state index contributed by atoms with van der Waals surface area (Å²) in [6.07, 6.45) is 5.80. The van der Waals surface area contributed by atoms with Crippen molar-refractivity contribution in [3.8, 4) is 11.4 Å². The lowest BCUT2D eigenvalue weighted by Gasteiger charge is -2.29. The molecule has 0 aliphatic carbocycles. The summed E-state index contributed by atoms with van der Waals surface area (Å²) in [7, 11) is 2.15. The number of pyridine rings is 1. The molecule has 3 heterocycles. The maximum absolute atomic E-state index is 6.14. The SMILES string of the molecule is Cc1ncc(OC2CCN(C)CC2)cc1Nc1ncn(-c2ccccc2)n1. The highest BCUT2D eigenvalue weighted by Gasteiger charge is 2.18. The molecule has 1 aromatic carbocycles. The van der Waals surface area contributed by atoms with Gasteiger partial charge < -0.3 is 15.0 Å². The number of benzene rings is 1. The highest BCUT2D eigenvalue weighted by Crippen LogP contribution is 2.25. The maximum atomic E-state index is 6.14. The van der Waals surface area contributed by atoms with Crippen LogP contribution in [0.25, 0.3) is 5.69 Å². The third-order valence-electron chi connectivity index (χ3n) is 4.79. The Labute approximate surface area is 159 Å². The minimum Gasteiger partial charge on any atom is -0.489 e. The Bertz CT molecular complexity index is 886. The van der Waals surface area contributed by atoms with E-state index in [1.165, 1.54) is 0 Å². The minimum absolute atomic E-state index is 0.244. The molecular formula is C20H24N6O. The van der Waals surface area contributed by atoms with Gasteiger partial charge >= 0.3 is 0 Å². The number of likely N-dealkylation sites (tertiary alicyclic amines) is 1. The van der Waals surface area contributed by atoms with Crippen molar-refractivity contribution in [2.24, 2.45) is 0 Å². The van der Waals surface area contributed by atoms with Crippen molar-refractivity contribution in [3.05, 3.63) is 54.6 Å². The van der Waals surface area contributed by atoms with Gasteiger partial charge in [0.15, 0.2) is 0 Å². The summed E-state index contributed by atoms with van der Waals surface area (Å²) < 4.78 is 7.88. The van der Waals surface area contributed by atoms with E-state index < -0.39 is 0 Å². The van der Waals surface area contributed by atoms with Gasteiger partial charge in [0.1, 0.15) is 18.2 Å². The quantitative estimate of drug-likeness (QED) is 0.750. The fraction of sp³-hybridized carbons (Fsp3) is 0.350. The van der Waals surface area contributed by atoms with Gasteiger partial charge in [-0.15, -0.1) is 5.10 Å². The first-order valence-electron chi connectivity index (χ1n) is 9.23. The summed E-state index contributed by atoms with van der Waals surface area (Å²) in [6, 6.07) is 11.9. The molecule has 1 aliphatic heterocycles. The molecule has 0 radical (unpaired) electrons. The number of anilines is 2. The summed E-state index contributed by atoms with van der Waals surface area (Å²) in [5, 5.41) is 7.74. The highest BCUT2D eigenvalue weighted by atomic mass is 16.5. The van der Waals surface area contributed by atoms with Crippen molar-refractivity contribution in [2.45, 2.75) is 25.9 Å². The fourth-order valence-electron chi connectivity index (χ4n) is 3.15. The molecule has 1 fully saturated rings. The molecular weight excluding hydrogens is 340 g/mol. The monoisotopic (exact) mass is 364 g/mol. The van der Waals surface area contributed by atoms with Crippen LogP contribution < -0.4 is 10.1 Å². The lowest BCUT2D eigenvalue weighted by Crippen LogP contribution is -2.35. The molecule has 0 spiro atoms. The van der Waals surface area contributed by atoms with E-state index >= 15 is 0 Å². The van der Waals surface area contributed by atoms with E-state index in [4.69, 9.17) is 4.74 Å². The average Bonchev–Trinajstić information content (AvgIpc) is 3.16. The van der Waals surface area contributed by atoms with E-state index in [0.717, 1.165) is 48.7 Å². The second kappa shape index (κ2) is 7.75. The van der Waals surface area contributed by atoms with Crippen LogP contribution in [-0.2, 0) is 0 Å². The average molecular weight is 364 g/mol. The zero-order valence-corrected chi connectivity index (χ0v) is 15.7. The van der Waals surface area contributed by atoms with Gasteiger partial charge in [-0.25, -0.2) is 4.68 Å². The van der Waals surface area contributed by atoms with Crippen LogP contribution in [0.1, 0.15) is 18.5 Å². The number of hydrogen-bond acceptors (Lipinski definition) is 6. The van der Waals surface area contributed by atoms with Gasteiger partial charge in [-0.1, -0.05) is 18.2 Å². The number of piperidine rings is 1. The van der Waals surface area contributed by atoms with Gasteiger partial charge in [0, 0.05) is 19.2 Å². The van der Waals surface area contributed by atoms with Crippen molar-refractivity contribution in [2.75, 3.05) is 25.5 Å². The van der Waals surface area contributed by atoms with Gasteiger partial charge in [-0.2, -0.15) is 4.98 Å². The predicted octanol–water partition coefficient (Wildman–Crippen LogP) is 3.19. The molecule has 0 bridgehead atoms. The Morgan fingerprint density at radius 3 is 2.67 bits per heavy atom. The van der Waals surface area contributed by atoms with E-state index in [9.17, 15) is 0 Å². The van der Waals surface area contributed by atoms with E-state index in [2.05, 4.69) is 32.3 Å². The number of aryl methyl sites for hydroxylation is 1. The van der Waals surface area contributed by atoms with E-state index in [-0.39, 0.29) is 6.10 Å². The molecule has 0 saturated carbocycles. The number of ether oxygens (including phenoxy) is 1. The van der Waals surface area contributed by atoms with E-state index in [0.29, 0.717) is 5.95 Å². The number of hydrogen-bond donors (Lipinski definition) is 1. The minimum atomic E-state index is 0.244. The van der Waals surface area contributed by atoms with Crippen LogP contribution in [0, 0.1) is 6.92 Å². The van der Waals surface area contributed by atoms with Crippen LogP contribution in [0.2, 0.25) is 0 Å². The van der Waals surface area contributed by atoms with Crippen LogP contribution in [-0.4, -0.2) is 50.9 Å². The number of nitrogens with zero attached hydrogens (tertiary/aromatic N) is 5. The number of aromatic nitrogens is 4. The fourth-order valence-corrected chi connectivity index (χ4v) is 3.15. The second-order valence-corrected chi connectivity index (χ2v) is 6.90. The third-order valence-corrected chi connectivity index (χ3v) is 4.79. The Kier molecular flexibility index (Phi) is 5.02. The molecule has 1 saturated heterocycles. The molecule has 0 atom stereocenters. The maximum Gasteiger partial charge on any atom is 0.247 e. The normalized spacial score (nSPS) is 15.6. The molecule has 0 unspecified atom stereocenters. The summed E-state index contributed by atoms with van der Waals surface area (Å²) in [6.45, 7) is 4.09. The molecule has 27 heavy (non-hydrogen) atoms. The molecule has 140 valence electrons. The summed E-state index contributed by atoms with van der Waals surface area (Å²) in [5.41, 5.74) is 2.69. The van der Waals surface area contributed by atoms with Gasteiger partial charge in [0.05, 0.1) is 23.3 Å². The first-order valence-corrected chi connectivity index (χ1v) is 9.23. The van der Waals surface area contributed by atoms with Crippen LogP contribution in [0.4, 0.5) is 11.6 Å². The zero-order valence-electron chi connectivity index (χ0n) is 15.7. The van der Waals surface area contributed by atoms with Crippen molar-refractivity contribution in [3.63, 3.8) is 0 Å². The number of para-hydroxylation sites is 1. The molecule has 7 nitrogen and oxygen atoms in total. The van der Waals surface area contributed by atoms with Crippen LogP contribution >= 0.6 is 0 Å². The van der Waals surface area contributed by atoms with E-state index in [1.807, 2.05) is 43.3 Å². The lowest BCUT2D eigenvalue weighted by molar-refractivity contribution is 0.114. The molecule has 1 aliphatic rings. The number of rotatable bonds is 5. The molecule has 1 N–H and O–H groups in total. The molecule has 2 aromatic heterocycles. The molecule has 0 amide bonds. The van der Waals surface area contributed by atoms with Crippen LogP contribution in [0.5, 0.6) is 5.75 Å². The summed E-state index contributed by atoms with van der Waals surface area (Å²) in [5.74, 6) is 1.31. The predicted molar refractivity (Wildman–Crippen MR) is 105 cm³/mol. The Balaban J connectivity index is 1.46. The third kappa shape index (κ3) is 4.25. The van der Waals surface area contributed by atoms with Gasteiger partial charge in [-0.3, -0.25) is 4.98 Å². The lowest BCUT2D eigenvalue weighted by atomic mass is 10.1. The smallest absolute Gasteiger partial charge is 0.247 e. The van der Waals surface area contributed by atoms with Crippen molar-refractivity contribution >= 4 is 11.6 Å². The first kappa shape index (κ1) is 17.5. The molecule has 3 aromatic rings. The Hall–Kier alpha value is -2.93. The largest absolute Gasteiger partial charge is 0.489 e. The van der Waals surface area contributed by atoms with E-state index in [1.54, 1.807) is 17.2 Å². The van der Waals surface area contributed by atoms with Gasteiger partial charge in [0.25, 0.3) is 0 Å². The molecule has 4 rings (SSSR count). The van der Waals surface area contributed by atoms with Crippen molar-refractivity contribution in [1.29, 1.82) is 0 Å². The van der Waals surface area contributed by atoms with Crippen LogP contribution in [0.15, 0.2) is 48.9 Å². The highest BCUT2D eigenvalue weighted by molar-refractivity contribution is 5.58. The van der Waals surface area contributed by atoms with Crippen LogP contribution in [0.3, 0.4) is 0 Å². The summed E-state index contributed by atoms with van der Waals surface area (Å²) in [4.78, 5) is 11.1. The Morgan fingerprint density at radius 1 is 1.11 bits per heavy atom. The first-order chi connectivity index (χ1) is 13.2. The van der Waals surface area contributed by atoms with Gasteiger partial charge in [0.2, 0.25) is 5.95 Å². The number of nitrogens with one attached hydrogen (secondary N) is 1.